The lowest BCUT2D eigenvalue weighted by molar-refractivity contribution is 0.0877. The molecule has 0 radical (unpaired) electrons. The van der Waals surface area contributed by atoms with Crippen LogP contribution in [0.15, 0.2) is 24.5 Å². The maximum Gasteiger partial charge on any atom is 0.404 e. The number of carboxylic acid groups (broad SMARTS) is 1. The summed E-state index contributed by atoms with van der Waals surface area (Å²) in [7, 11) is -1.29. The molecule has 244 valence electrons. The minimum absolute atomic E-state index is 0.0402. The van der Waals surface area contributed by atoms with Crippen LogP contribution in [0.5, 0.6) is 5.75 Å². The van der Waals surface area contributed by atoms with E-state index in [0.29, 0.717) is 61.8 Å². The summed E-state index contributed by atoms with van der Waals surface area (Å²) in [6.45, 7) is 14.9. The van der Waals surface area contributed by atoms with Gasteiger partial charge in [0.2, 0.25) is 0 Å². The largest absolute Gasteiger partial charge is 0.493 e. The SMILES string of the molecule is Cc1c(C(=O)NC2CCC(NC(=O)O)CC2)c2ncnc(-c3cc(C(C)C)ccc3OCC3CC3)c2n1COCC[Si](C)(C)C. The molecule has 0 saturated heterocycles. The molecule has 0 spiro atoms. The van der Waals surface area contributed by atoms with E-state index in [1.165, 1.54) is 18.4 Å². The molecule has 2 aliphatic carbocycles. The van der Waals surface area contributed by atoms with Crippen molar-refractivity contribution < 1.29 is 24.2 Å². The second kappa shape index (κ2) is 13.9. The maximum atomic E-state index is 14.0. The molecule has 2 aromatic heterocycles. The number of fused-ring (bicyclic) bond motifs is 1. The van der Waals surface area contributed by atoms with Gasteiger partial charge < -0.3 is 29.8 Å². The smallest absolute Gasteiger partial charge is 0.404 e. The van der Waals surface area contributed by atoms with Crippen molar-refractivity contribution in [3.8, 4) is 17.0 Å². The molecule has 10 nitrogen and oxygen atoms in total. The van der Waals surface area contributed by atoms with Gasteiger partial charge >= 0.3 is 6.09 Å². The fourth-order valence-corrected chi connectivity index (χ4v) is 6.74. The van der Waals surface area contributed by atoms with Crippen LogP contribution in [-0.4, -0.2) is 65.0 Å². The fraction of sp³-hybridized carbons (Fsp3) is 0.588. The van der Waals surface area contributed by atoms with Crippen LogP contribution < -0.4 is 15.4 Å². The quantitative estimate of drug-likeness (QED) is 0.137. The average molecular weight is 636 g/mol. The zero-order valence-electron chi connectivity index (χ0n) is 27.6. The number of nitrogens with one attached hydrogen (secondary N) is 2. The normalized spacial score (nSPS) is 18.7. The van der Waals surface area contributed by atoms with Gasteiger partial charge in [-0.05, 0) is 81.0 Å². The zero-order valence-corrected chi connectivity index (χ0v) is 28.6. The van der Waals surface area contributed by atoms with Crippen LogP contribution >= 0.6 is 0 Å². The molecule has 11 heteroatoms. The molecule has 3 N–H and O–H groups in total. The number of ether oxygens (including phenoxy) is 2. The monoisotopic (exact) mass is 635 g/mol. The first-order chi connectivity index (χ1) is 21.4. The zero-order chi connectivity index (χ0) is 32.3. The predicted molar refractivity (Wildman–Crippen MR) is 179 cm³/mol. The number of amides is 2. The van der Waals surface area contributed by atoms with E-state index in [1.807, 2.05) is 11.5 Å². The van der Waals surface area contributed by atoms with E-state index >= 15 is 0 Å². The molecule has 0 aliphatic heterocycles. The van der Waals surface area contributed by atoms with E-state index in [4.69, 9.17) is 19.6 Å². The second-order valence-electron chi connectivity index (χ2n) is 14.3. The highest BCUT2D eigenvalue weighted by Crippen LogP contribution is 2.39. The number of aromatic nitrogens is 3. The Hall–Kier alpha value is -3.44. The van der Waals surface area contributed by atoms with Crippen LogP contribution in [0.25, 0.3) is 22.3 Å². The lowest BCUT2D eigenvalue weighted by Gasteiger charge is -2.28. The van der Waals surface area contributed by atoms with Gasteiger partial charge in [-0.2, -0.15) is 0 Å². The van der Waals surface area contributed by atoms with Crippen LogP contribution in [0.3, 0.4) is 0 Å². The molecule has 2 saturated carbocycles. The Morgan fingerprint density at radius 2 is 1.73 bits per heavy atom. The van der Waals surface area contributed by atoms with Gasteiger partial charge in [0, 0.05) is 38.0 Å². The van der Waals surface area contributed by atoms with Gasteiger partial charge in [0.05, 0.1) is 17.7 Å². The van der Waals surface area contributed by atoms with Gasteiger partial charge in [-0.1, -0.05) is 39.6 Å². The maximum absolute atomic E-state index is 14.0. The minimum Gasteiger partial charge on any atom is -0.493 e. The molecule has 0 atom stereocenters. The van der Waals surface area contributed by atoms with Crippen molar-refractivity contribution in [3.63, 3.8) is 0 Å². The number of hydrogen-bond donors (Lipinski definition) is 3. The van der Waals surface area contributed by atoms with E-state index in [0.717, 1.165) is 34.3 Å². The average Bonchev–Trinajstić information content (AvgIpc) is 3.76. The molecular formula is C34H49N5O5Si. The van der Waals surface area contributed by atoms with Crippen molar-refractivity contribution in [1.29, 1.82) is 0 Å². The Morgan fingerprint density at radius 1 is 1.04 bits per heavy atom. The molecular weight excluding hydrogens is 586 g/mol. The fourth-order valence-electron chi connectivity index (χ4n) is 5.98. The van der Waals surface area contributed by atoms with Gasteiger partial charge in [-0.3, -0.25) is 4.79 Å². The third kappa shape index (κ3) is 8.24. The first-order valence-electron chi connectivity index (χ1n) is 16.4. The lowest BCUT2D eigenvalue weighted by Crippen LogP contribution is -2.43. The summed E-state index contributed by atoms with van der Waals surface area (Å²) in [5, 5.41) is 14.9. The van der Waals surface area contributed by atoms with Gasteiger partial charge in [0.1, 0.15) is 30.0 Å². The topological polar surface area (TPSA) is 128 Å². The van der Waals surface area contributed by atoms with E-state index in [2.05, 4.69) is 67.3 Å². The Balaban J connectivity index is 1.52. The molecule has 0 unspecified atom stereocenters. The summed E-state index contributed by atoms with van der Waals surface area (Å²) < 4.78 is 14.7. The standard InChI is InChI=1S/C34H49N5O5Si/c1-21(2)24-9-14-28(44-18-23-7-8-23)27(17-24)30-32-31(36-19-35-30)29(22(3)39(32)20-43-15-16-45(4,5)6)33(40)37-25-10-12-26(13-11-25)38-34(41)42/h9,14,17,19,21,23,25-26,38H,7-8,10-13,15-16,18,20H2,1-6H3,(H,37,40)(H,41,42). The second-order valence-corrected chi connectivity index (χ2v) is 19.9. The van der Waals surface area contributed by atoms with Gasteiger partial charge in [-0.15, -0.1) is 0 Å². The summed E-state index contributed by atoms with van der Waals surface area (Å²) in [6, 6.07) is 7.25. The van der Waals surface area contributed by atoms with Crippen LogP contribution in [0, 0.1) is 12.8 Å². The van der Waals surface area contributed by atoms with Gasteiger partial charge in [0.15, 0.2) is 0 Å². The first kappa shape index (κ1) is 32.9. The number of carbonyl (C=O) groups is 2. The minimum atomic E-state index is -1.29. The number of rotatable bonds is 13. The Labute approximate surface area is 267 Å². The van der Waals surface area contributed by atoms with Crippen LogP contribution in [-0.2, 0) is 11.5 Å². The third-order valence-corrected chi connectivity index (χ3v) is 10.7. The van der Waals surface area contributed by atoms with Crippen LogP contribution in [0.1, 0.15) is 79.9 Å². The van der Waals surface area contributed by atoms with Crippen molar-refractivity contribution in [2.45, 2.75) is 110 Å². The van der Waals surface area contributed by atoms with Crippen LogP contribution in [0.4, 0.5) is 4.79 Å². The summed E-state index contributed by atoms with van der Waals surface area (Å²) in [5.74, 6) is 1.52. The van der Waals surface area contributed by atoms with E-state index in [1.54, 1.807) is 6.33 Å². The number of nitrogens with zero attached hydrogens (tertiary/aromatic N) is 3. The Morgan fingerprint density at radius 3 is 2.36 bits per heavy atom. The molecule has 2 amide bonds. The first-order valence-corrected chi connectivity index (χ1v) is 20.1. The summed E-state index contributed by atoms with van der Waals surface area (Å²) >= 11 is 0. The summed E-state index contributed by atoms with van der Waals surface area (Å²) in [4.78, 5) is 34.6. The Kier molecular flexibility index (Phi) is 10.2. The van der Waals surface area contributed by atoms with Crippen molar-refractivity contribution in [2.24, 2.45) is 5.92 Å². The summed E-state index contributed by atoms with van der Waals surface area (Å²) in [5.41, 5.74) is 5.46. The van der Waals surface area contributed by atoms with Gasteiger partial charge in [-0.25, -0.2) is 14.8 Å². The van der Waals surface area contributed by atoms with Crippen LogP contribution in [0.2, 0.25) is 25.7 Å². The predicted octanol–water partition coefficient (Wildman–Crippen LogP) is 6.94. The molecule has 3 aromatic rings. The Bertz CT molecular complexity index is 1520. The van der Waals surface area contributed by atoms with Gasteiger partial charge in [0.25, 0.3) is 5.91 Å². The highest BCUT2D eigenvalue weighted by Gasteiger charge is 2.30. The van der Waals surface area contributed by atoms with Crippen molar-refractivity contribution >= 4 is 31.1 Å². The van der Waals surface area contributed by atoms with Crippen molar-refractivity contribution in [3.05, 3.63) is 41.3 Å². The molecule has 45 heavy (non-hydrogen) atoms. The highest BCUT2D eigenvalue weighted by molar-refractivity contribution is 6.76. The molecule has 2 heterocycles. The summed E-state index contributed by atoms with van der Waals surface area (Å²) in [6.07, 6.45) is 5.72. The molecule has 2 aliphatic rings. The van der Waals surface area contributed by atoms with Crippen molar-refractivity contribution in [1.82, 2.24) is 25.2 Å². The van der Waals surface area contributed by atoms with E-state index < -0.39 is 14.2 Å². The molecule has 1 aromatic carbocycles. The van der Waals surface area contributed by atoms with Crippen molar-refractivity contribution in [2.75, 3.05) is 13.2 Å². The molecule has 0 bridgehead atoms. The third-order valence-electron chi connectivity index (χ3n) is 9.03. The van der Waals surface area contributed by atoms with E-state index in [9.17, 15) is 9.59 Å². The number of benzene rings is 1. The number of hydrogen-bond acceptors (Lipinski definition) is 6. The molecule has 2 fully saturated rings. The van der Waals surface area contributed by atoms with E-state index in [-0.39, 0.29) is 24.7 Å². The number of carbonyl (C=O) groups excluding carboxylic acids is 1. The molecule has 5 rings (SSSR count). The highest BCUT2D eigenvalue weighted by atomic mass is 28.3. The lowest BCUT2D eigenvalue weighted by atomic mass is 9.91.